The number of rotatable bonds is 5. The second kappa shape index (κ2) is 9.21. The molecular formula is C21H34N4O4S. The van der Waals surface area contributed by atoms with Gasteiger partial charge in [-0.25, -0.2) is 13.2 Å². The van der Waals surface area contributed by atoms with Crippen LogP contribution in [0.5, 0.6) is 0 Å². The third-order valence-electron chi connectivity index (χ3n) is 6.18. The van der Waals surface area contributed by atoms with E-state index in [-0.39, 0.29) is 11.6 Å². The number of carbonyl (C=O) groups excluding carboxylic acids is 1. The van der Waals surface area contributed by atoms with Crippen molar-refractivity contribution in [3.8, 4) is 0 Å². The minimum atomic E-state index is -3.54. The van der Waals surface area contributed by atoms with Crippen LogP contribution in [0, 0.1) is 13.8 Å². The van der Waals surface area contributed by atoms with E-state index in [4.69, 9.17) is 4.74 Å². The maximum Gasteiger partial charge on any atom is 0.317 e. The number of piperazine rings is 1. The Labute approximate surface area is 180 Å². The van der Waals surface area contributed by atoms with Gasteiger partial charge in [-0.2, -0.15) is 4.31 Å². The van der Waals surface area contributed by atoms with Crippen LogP contribution in [0.1, 0.15) is 25.0 Å². The van der Waals surface area contributed by atoms with Gasteiger partial charge in [0, 0.05) is 51.4 Å². The number of hydrogen-bond acceptors (Lipinski definition) is 5. The van der Waals surface area contributed by atoms with Crippen molar-refractivity contribution in [2.24, 2.45) is 0 Å². The molecule has 1 aromatic carbocycles. The minimum absolute atomic E-state index is 0.139. The predicted octanol–water partition coefficient (Wildman–Crippen LogP) is 1.43. The van der Waals surface area contributed by atoms with Crippen LogP contribution >= 0.6 is 0 Å². The largest absolute Gasteiger partial charge is 0.379 e. The lowest BCUT2D eigenvalue weighted by atomic mass is 10.0. The van der Waals surface area contributed by atoms with E-state index in [1.54, 1.807) is 17.0 Å². The molecule has 168 valence electrons. The van der Waals surface area contributed by atoms with Crippen molar-refractivity contribution in [1.29, 1.82) is 0 Å². The van der Waals surface area contributed by atoms with Crippen LogP contribution in [0.3, 0.4) is 0 Å². The molecule has 0 unspecified atom stereocenters. The Bertz CT molecular complexity index is 858. The Kier molecular flexibility index (Phi) is 7.06. The lowest BCUT2D eigenvalue weighted by Crippen LogP contribution is -2.58. The molecule has 1 N–H and O–H groups in total. The number of hydrogen-bond donors (Lipinski definition) is 1. The van der Waals surface area contributed by atoms with Gasteiger partial charge in [0.1, 0.15) is 0 Å². The van der Waals surface area contributed by atoms with Crippen molar-refractivity contribution in [2.75, 3.05) is 59.0 Å². The molecule has 30 heavy (non-hydrogen) atoms. The van der Waals surface area contributed by atoms with Gasteiger partial charge in [0.05, 0.1) is 18.1 Å². The first-order valence-electron chi connectivity index (χ1n) is 10.5. The summed E-state index contributed by atoms with van der Waals surface area (Å²) in [6.45, 7) is 13.2. The number of carbonyl (C=O) groups is 1. The summed E-state index contributed by atoms with van der Waals surface area (Å²) in [5.74, 6) is 0. The third kappa shape index (κ3) is 5.14. The van der Waals surface area contributed by atoms with E-state index in [1.807, 2.05) is 19.9 Å². The minimum Gasteiger partial charge on any atom is -0.379 e. The van der Waals surface area contributed by atoms with Gasteiger partial charge in [-0.05, 0) is 51.0 Å². The summed E-state index contributed by atoms with van der Waals surface area (Å²) in [4.78, 5) is 17.0. The SMILES string of the molecule is Cc1ccc(S(=O)(=O)N2CCN(C(=O)NCC(C)(C)N3CCOCC3)CC2)cc1C. The summed E-state index contributed by atoms with van der Waals surface area (Å²) in [5, 5.41) is 3.03. The molecule has 3 rings (SSSR count). The number of urea groups is 1. The van der Waals surface area contributed by atoms with E-state index >= 15 is 0 Å². The van der Waals surface area contributed by atoms with Crippen LogP contribution in [0.4, 0.5) is 4.79 Å². The number of nitrogens with zero attached hydrogens (tertiary/aromatic N) is 3. The number of benzene rings is 1. The molecule has 2 amide bonds. The topological polar surface area (TPSA) is 82.2 Å². The van der Waals surface area contributed by atoms with Gasteiger partial charge < -0.3 is 15.0 Å². The van der Waals surface area contributed by atoms with Crippen molar-refractivity contribution in [1.82, 2.24) is 19.4 Å². The number of nitrogens with one attached hydrogen (secondary N) is 1. The van der Waals surface area contributed by atoms with Gasteiger partial charge in [0.15, 0.2) is 0 Å². The van der Waals surface area contributed by atoms with Crippen molar-refractivity contribution in [3.63, 3.8) is 0 Å². The highest BCUT2D eigenvalue weighted by Crippen LogP contribution is 2.21. The van der Waals surface area contributed by atoms with Crippen molar-refractivity contribution in [2.45, 2.75) is 38.1 Å². The molecule has 0 saturated carbocycles. The highest BCUT2D eigenvalue weighted by molar-refractivity contribution is 7.89. The lowest BCUT2D eigenvalue weighted by Gasteiger charge is -2.41. The number of sulfonamides is 1. The first-order chi connectivity index (χ1) is 14.1. The van der Waals surface area contributed by atoms with Crippen LogP contribution in [-0.4, -0.2) is 93.1 Å². The summed E-state index contributed by atoms with van der Waals surface area (Å²) in [5.41, 5.74) is 1.86. The van der Waals surface area contributed by atoms with E-state index in [0.29, 0.717) is 50.8 Å². The highest BCUT2D eigenvalue weighted by atomic mass is 32.2. The number of aryl methyl sites for hydroxylation is 2. The van der Waals surface area contributed by atoms with Gasteiger partial charge in [0.2, 0.25) is 10.0 Å². The van der Waals surface area contributed by atoms with Crippen LogP contribution in [0.2, 0.25) is 0 Å². The molecule has 0 bridgehead atoms. The van der Waals surface area contributed by atoms with Crippen LogP contribution in [0.25, 0.3) is 0 Å². The monoisotopic (exact) mass is 438 g/mol. The van der Waals surface area contributed by atoms with Gasteiger partial charge in [-0.15, -0.1) is 0 Å². The molecule has 0 radical (unpaired) electrons. The molecule has 9 heteroatoms. The van der Waals surface area contributed by atoms with Crippen molar-refractivity contribution < 1.29 is 17.9 Å². The summed E-state index contributed by atoms with van der Waals surface area (Å²) in [7, 11) is -3.54. The summed E-state index contributed by atoms with van der Waals surface area (Å²) in [6.07, 6.45) is 0. The number of ether oxygens (including phenoxy) is 1. The van der Waals surface area contributed by atoms with E-state index in [1.165, 1.54) is 4.31 Å². The molecule has 8 nitrogen and oxygen atoms in total. The first kappa shape index (κ1) is 23.0. The van der Waals surface area contributed by atoms with Gasteiger partial charge in [-0.3, -0.25) is 4.90 Å². The Morgan fingerprint density at radius 2 is 1.67 bits per heavy atom. The molecule has 2 fully saturated rings. The molecule has 2 heterocycles. The zero-order chi connectivity index (χ0) is 21.9. The lowest BCUT2D eigenvalue weighted by molar-refractivity contribution is -0.00911. The summed E-state index contributed by atoms with van der Waals surface area (Å²) in [6, 6.07) is 5.07. The van der Waals surface area contributed by atoms with E-state index in [2.05, 4.69) is 24.1 Å². The fourth-order valence-electron chi connectivity index (χ4n) is 3.84. The Morgan fingerprint density at radius 3 is 2.27 bits per heavy atom. The number of amides is 2. The quantitative estimate of drug-likeness (QED) is 0.752. The van der Waals surface area contributed by atoms with Crippen molar-refractivity contribution >= 4 is 16.1 Å². The Hall–Kier alpha value is -1.68. The molecule has 0 spiro atoms. The van der Waals surface area contributed by atoms with Crippen LogP contribution in [0.15, 0.2) is 23.1 Å². The number of morpholine rings is 1. The fraction of sp³-hybridized carbons (Fsp3) is 0.667. The smallest absolute Gasteiger partial charge is 0.317 e. The van der Waals surface area contributed by atoms with Crippen molar-refractivity contribution in [3.05, 3.63) is 29.3 Å². The molecule has 2 aliphatic heterocycles. The highest BCUT2D eigenvalue weighted by Gasteiger charge is 2.32. The van der Waals surface area contributed by atoms with E-state index in [9.17, 15) is 13.2 Å². The molecular weight excluding hydrogens is 404 g/mol. The van der Waals surface area contributed by atoms with Crippen LogP contribution in [-0.2, 0) is 14.8 Å². The Morgan fingerprint density at radius 1 is 1.03 bits per heavy atom. The average molecular weight is 439 g/mol. The maximum atomic E-state index is 13.0. The van der Waals surface area contributed by atoms with Crippen LogP contribution < -0.4 is 5.32 Å². The standard InChI is InChI=1S/C21H34N4O4S/c1-17-5-6-19(15-18(17)2)30(27,28)25-9-7-23(8-10-25)20(26)22-16-21(3,4)24-11-13-29-14-12-24/h5-6,15H,7-14,16H2,1-4H3,(H,22,26). The molecule has 0 aliphatic carbocycles. The maximum absolute atomic E-state index is 13.0. The second-order valence-electron chi connectivity index (χ2n) is 8.71. The molecule has 0 atom stereocenters. The fourth-order valence-corrected chi connectivity index (χ4v) is 5.35. The molecule has 2 aliphatic rings. The average Bonchev–Trinajstić information content (AvgIpc) is 2.74. The van der Waals surface area contributed by atoms with E-state index < -0.39 is 10.0 Å². The zero-order valence-electron chi connectivity index (χ0n) is 18.5. The molecule has 1 aromatic rings. The van der Waals surface area contributed by atoms with Gasteiger partial charge >= 0.3 is 6.03 Å². The predicted molar refractivity (Wildman–Crippen MR) is 116 cm³/mol. The Balaban J connectivity index is 1.53. The zero-order valence-corrected chi connectivity index (χ0v) is 19.3. The van der Waals surface area contributed by atoms with E-state index in [0.717, 1.165) is 24.2 Å². The van der Waals surface area contributed by atoms with Gasteiger partial charge in [-0.1, -0.05) is 6.07 Å². The molecule has 2 saturated heterocycles. The second-order valence-corrected chi connectivity index (χ2v) is 10.6. The summed E-state index contributed by atoms with van der Waals surface area (Å²) >= 11 is 0. The molecule has 0 aromatic heterocycles. The third-order valence-corrected chi connectivity index (χ3v) is 8.08. The van der Waals surface area contributed by atoms with Gasteiger partial charge in [0.25, 0.3) is 0 Å². The normalized spacial score (nSPS) is 19.7. The first-order valence-corrected chi connectivity index (χ1v) is 12.0. The summed E-state index contributed by atoms with van der Waals surface area (Å²) < 4.78 is 32.8.